The van der Waals surface area contributed by atoms with Gasteiger partial charge in [-0.2, -0.15) is 10.5 Å². The second kappa shape index (κ2) is 7.14. The van der Waals surface area contributed by atoms with Gasteiger partial charge in [0.1, 0.15) is 17.7 Å². The fourth-order valence-corrected chi connectivity index (χ4v) is 1.66. The lowest BCUT2D eigenvalue weighted by Crippen LogP contribution is -1.94. The van der Waals surface area contributed by atoms with E-state index in [9.17, 15) is 0 Å². The Labute approximate surface area is 108 Å². The van der Waals surface area contributed by atoms with Gasteiger partial charge in [0.15, 0.2) is 0 Å². The number of aryl methyl sites for hydroxylation is 2. The zero-order valence-electron chi connectivity index (χ0n) is 10.8. The summed E-state index contributed by atoms with van der Waals surface area (Å²) in [6.45, 7) is 4.20. The summed E-state index contributed by atoms with van der Waals surface area (Å²) in [5.41, 5.74) is 3.45. The molecule has 0 aliphatic rings. The van der Waals surface area contributed by atoms with E-state index >= 15 is 0 Å². The van der Waals surface area contributed by atoms with Crippen molar-refractivity contribution in [1.29, 1.82) is 10.5 Å². The molecule has 92 valence electrons. The second-order valence-corrected chi connectivity index (χ2v) is 4.18. The Balaban J connectivity index is 2.78. The normalized spacial score (nSPS) is 9.11. The molecule has 0 spiro atoms. The van der Waals surface area contributed by atoms with E-state index < -0.39 is 0 Å². The molecule has 0 bridgehead atoms. The number of hydrogen-bond donors (Lipinski definition) is 1. The number of nitrogens with one attached hydrogen (secondary N) is 1. The minimum absolute atomic E-state index is 0.0736. The Morgan fingerprint density at radius 3 is 2.61 bits per heavy atom. The van der Waals surface area contributed by atoms with Gasteiger partial charge in [0.05, 0.1) is 0 Å². The molecule has 0 amide bonds. The molecule has 0 saturated heterocycles. The quantitative estimate of drug-likeness (QED) is 0.797. The number of anilines is 1. The number of rotatable bonds is 5. The van der Waals surface area contributed by atoms with Crippen molar-refractivity contribution in [3.05, 3.63) is 41.1 Å². The van der Waals surface area contributed by atoms with E-state index in [1.165, 1.54) is 24.6 Å². The average molecular weight is 239 g/mol. The maximum Gasteiger partial charge on any atom is 0.145 e. The standard InChI is InChI=1S/C15H17N3/c1-3-4-5-13-6-7-15(12(2)8-13)18-11-14(9-16)10-17/h6-8,11,18H,3-5H2,1-2H3. The Kier molecular flexibility index (Phi) is 5.48. The van der Waals surface area contributed by atoms with Gasteiger partial charge in [-0.1, -0.05) is 25.5 Å². The number of benzene rings is 1. The fraction of sp³-hybridized carbons (Fsp3) is 0.333. The highest BCUT2D eigenvalue weighted by molar-refractivity contribution is 5.55. The molecule has 1 rings (SSSR count). The SMILES string of the molecule is CCCCc1ccc(NC=C(C#N)C#N)c(C)c1. The minimum atomic E-state index is 0.0736. The van der Waals surface area contributed by atoms with Gasteiger partial charge in [-0.3, -0.25) is 0 Å². The van der Waals surface area contributed by atoms with E-state index in [0.717, 1.165) is 17.7 Å². The molecule has 1 N–H and O–H groups in total. The molecule has 0 atom stereocenters. The van der Waals surface area contributed by atoms with Gasteiger partial charge in [-0.05, 0) is 37.0 Å². The van der Waals surface area contributed by atoms with Crippen molar-refractivity contribution in [1.82, 2.24) is 0 Å². The summed E-state index contributed by atoms with van der Waals surface area (Å²) in [7, 11) is 0. The van der Waals surface area contributed by atoms with Gasteiger partial charge >= 0.3 is 0 Å². The first kappa shape index (κ1) is 13.8. The third-order valence-corrected chi connectivity index (χ3v) is 2.72. The van der Waals surface area contributed by atoms with Crippen molar-refractivity contribution < 1.29 is 0 Å². The lowest BCUT2D eigenvalue weighted by Gasteiger charge is -2.08. The lowest BCUT2D eigenvalue weighted by molar-refractivity contribution is 0.794. The monoisotopic (exact) mass is 239 g/mol. The molecule has 0 radical (unpaired) electrons. The van der Waals surface area contributed by atoms with Crippen LogP contribution in [0.5, 0.6) is 0 Å². The van der Waals surface area contributed by atoms with Crippen LogP contribution in [-0.4, -0.2) is 0 Å². The number of hydrogen-bond acceptors (Lipinski definition) is 3. The van der Waals surface area contributed by atoms with Crippen molar-refractivity contribution in [3.8, 4) is 12.1 Å². The van der Waals surface area contributed by atoms with E-state index in [4.69, 9.17) is 10.5 Å². The zero-order valence-corrected chi connectivity index (χ0v) is 10.8. The van der Waals surface area contributed by atoms with E-state index in [1.807, 2.05) is 25.1 Å². The van der Waals surface area contributed by atoms with E-state index in [0.29, 0.717) is 0 Å². The molecule has 0 heterocycles. The molecular formula is C15H17N3. The van der Waals surface area contributed by atoms with Crippen LogP contribution in [0.25, 0.3) is 0 Å². The molecule has 0 aromatic heterocycles. The third kappa shape index (κ3) is 3.96. The highest BCUT2D eigenvalue weighted by Crippen LogP contribution is 2.18. The number of unbranched alkanes of at least 4 members (excludes halogenated alkanes) is 1. The minimum Gasteiger partial charge on any atom is -0.360 e. The first-order chi connectivity index (χ1) is 8.71. The average Bonchev–Trinajstić information content (AvgIpc) is 2.39. The van der Waals surface area contributed by atoms with Gasteiger partial charge in [0.2, 0.25) is 0 Å². The maximum absolute atomic E-state index is 8.63. The van der Waals surface area contributed by atoms with Crippen molar-refractivity contribution in [2.75, 3.05) is 5.32 Å². The van der Waals surface area contributed by atoms with Crippen LogP contribution in [0.4, 0.5) is 5.69 Å². The van der Waals surface area contributed by atoms with Gasteiger partial charge in [-0.15, -0.1) is 0 Å². The van der Waals surface area contributed by atoms with Crippen LogP contribution in [0, 0.1) is 29.6 Å². The zero-order chi connectivity index (χ0) is 13.4. The van der Waals surface area contributed by atoms with Crippen LogP contribution in [0.3, 0.4) is 0 Å². The molecule has 0 unspecified atom stereocenters. The second-order valence-electron chi connectivity index (χ2n) is 4.18. The smallest absolute Gasteiger partial charge is 0.145 e. The van der Waals surface area contributed by atoms with Crippen LogP contribution in [-0.2, 0) is 6.42 Å². The van der Waals surface area contributed by atoms with Crippen LogP contribution >= 0.6 is 0 Å². The summed E-state index contributed by atoms with van der Waals surface area (Å²) in [4.78, 5) is 0. The summed E-state index contributed by atoms with van der Waals surface area (Å²) in [6.07, 6.45) is 4.91. The van der Waals surface area contributed by atoms with Gasteiger partial charge in [0.25, 0.3) is 0 Å². The largest absolute Gasteiger partial charge is 0.360 e. The summed E-state index contributed by atoms with van der Waals surface area (Å²) in [6, 6.07) is 9.85. The topological polar surface area (TPSA) is 59.6 Å². The summed E-state index contributed by atoms with van der Waals surface area (Å²) < 4.78 is 0. The number of nitrogens with zero attached hydrogens (tertiary/aromatic N) is 2. The predicted octanol–water partition coefficient (Wildman–Crippen LogP) is 3.68. The summed E-state index contributed by atoms with van der Waals surface area (Å²) >= 11 is 0. The fourth-order valence-electron chi connectivity index (χ4n) is 1.66. The molecule has 3 nitrogen and oxygen atoms in total. The van der Waals surface area contributed by atoms with Crippen molar-refractivity contribution >= 4 is 5.69 Å². The molecule has 0 aliphatic heterocycles. The van der Waals surface area contributed by atoms with Crippen molar-refractivity contribution in [2.24, 2.45) is 0 Å². The van der Waals surface area contributed by atoms with E-state index in [-0.39, 0.29) is 5.57 Å². The van der Waals surface area contributed by atoms with Gasteiger partial charge in [-0.25, -0.2) is 0 Å². The van der Waals surface area contributed by atoms with Crippen LogP contribution < -0.4 is 5.32 Å². The Morgan fingerprint density at radius 2 is 2.06 bits per heavy atom. The molecule has 0 fully saturated rings. The molecule has 1 aromatic rings. The molecule has 0 aliphatic carbocycles. The molecular weight excluding hydrogens is 222 g/mol. The third-order valence-electron chi connectivity index (χ3n) is 2.72. The van der Waals surface area contributed by atoms with Crippen molar-refractivity contribution in [3.63, 3.8) is 0 Å². The summed E-state index contributed by atoms with van der Waals surface area (Å²) in [5.74, 6) is 0. The van der Waals surface area contributed by atoms with Crippen molar-refractivity contribution in [2.45, 2.75) is 33.1 Å². The number of allylic oxidation sites excluding steroid dienone is 1. The van der Waals surface area contributed by atoms with Gasteiger partial charge < -0.3 is 5.32 Å². The van der Waals surface area contributed by atoms with Crippen LogP contribution in [0.1, 0.15) is 30.9 Å². The van der Waals surface area contributed by atoms with Gasteiger partial charge in [0, 0.05) is 11.9 Å². The summed E-state index contributed by atoms with van der Waals surface area (Å²) in [5, 5.41) is 20.3. The Bertz CT molecular complexity index is 500. The predicted molar refractivity (Wildman–Crippen MR) is 72.7 cm³/mol. The first-order valence-corrected chi connectivity index (χ1v) is 6.07. The highest BCUT2D eigenvalue weighted by Gasteiger charge is 1.99. The Hall–Kier alpha value is -2.26. The van der Waals surface area contributed by atoms with Crippen LogP contribution in [0.2, 0.25) is 0 Å². The Morgan fingerprint density at radius 1 is 1.33 bits per heavy atom. The van der Waals surface area contributed by atoms with E-state index in [2.05, 4.69) is 24.4 Å². The van der Waals surface area contributed by atoms with E-state index in [1.54, 1.807) is 0 Å². The number of nitriles is 2. The molecule has 1 aromatic carbocycles. The van der Waals surface area contributed by atoms with Crippen LogP contribution in [0.15, 0.2) is 30.0 Å². The maximum atomic E-state index is 8.63. The molecule has 3 heteroatoms. The molecule has 18 heavy (non-hydrogen) atoms. The highest BCUT2D eigenvalue weighted by atomic mass is 14.8. The first-order valence-electron chi connectivity index (χ1n) is 6.07. The molecule has 0 saturated carbocycles. The lowest BCUT2D eigenvalue weighted by atomic mass is 10.0.